The van der Waals surface area contributed by atoms with E-state index in [1.165, 1.54) is 24.3 Å². The number of ether oxygens (including phenoxy) is 1. The SMILES string of the molecule is O=C(CCCS(=O)CC1CCCO1)c1ccc(F)cc1. The van der Waals surface area contributed by atoms with Crippen molar-refractivity contribution in [1.29, 1.82) is 0 Å². The lowest BCUT2D eigenvalue weighted by molar-refractivity contribution is 0.0982. The molecule has 1 saturated heterocycles. The maximum atomic E-state index is 12.7. The standard InChI is InChI=1S/C15H19FO3S/c16-13-7-5-12(6-8-13)15(17)4-2-10-20(18)11-14-3-1-9-19-14/h5-8,14H,1-4,9-11H2. The van der Waals surface area contributed by atoms with E-state index in [4.69, 9.17) is 4.74 Å². The molecule has 0 radical (unpaired) electrons. The first kappa shape index (κ1) is 15.3. The van der Waals surface area contributed by atoms with Crippen molar-refractivity contribution in [3.05, 3.63) is 35.6 Å². The highest BCUT2D eigenvalue weighted by Crippen LogP contribution is 2.14. The fraction of sp³-hybridized carbons (Fsp3) is 0.533. The molecule has 1 heterocycles. The molecule has 20 heavy (non-hydrogen) atoms. The average molecular weight is 298 g/mol. The van der Waals surface area contributed by atoms with Gasteiger partial charge in [0.2, 0.25) is 0 Å². The monoisotopic (exact) mass is 298 g/mol. The zero-order chi connectivity index (χ0) is 14.4. The van der Waals surface area contributed by atoms with E-state index in [-0.39, 0.29) is 17.7 Å². The van der Waals surface area contributed by atoms with Gasteiger partial charge in [-0.15, -0.1) is 0 Å². The van der Waals surface area contributed by atoms with Crippen LogP contribution >= 0.6 is 0 Å². The molecule has 2 rings (SSSR count). The van der Waals surface area contributed by atoms with Crippen LogP contribution in [0, 0.1) is 5.82 Å². The highest BCUT2D eigenvalue weighted by atomic mass is 32.2. The van der Waals surface area contributed by atoms with Gasteiger partial charge >= 0.3 is 0 Å². The van der Waals surface area contributed by atoms with Gasteiger partial charge in [-0.05, 0) is 43.5 Å². The molecule has 1 aliphatic heterocycles. The van der Waals surface area contributed by atoms with E-state index in [1.54, 1.807) is 0 Å². The van der Waals surface area contributed by atoms with Crippen LogP contribution in [0.2, 0.25) is 0 Å². The normalized spacial score (nSPS) is 19.9. The second kappa shape index (κ2) is 7.64. The smallest absolute Gasteiger partial charge is 0.162 e. The largest absolute Gasteiger partial charge is 0.377 e. The molecule has 110 valence electrons. The summed E-state index contributed by atoms with van der Waals surface area (Å²) in [5.41, 5.74) is 0.510. The molecule has 5 heteroatoms. The lowest BCUT2D eigenvalue weighted by atomic mass is 10.1. The molecule has 2 unspecified atom stereocenters. The molecule has 0 saturated carbocycles. The van der Waals surface area contributed by atoms with Gasteiger partial charge < -0.3 is 4.74 Å². The maximum absolute atomic E-state index is 12.7. The molecule has 0 amide bonds. The third kappa shape index (κ3) is 4.80. The summed E-state index contributed by atoms with van der Waals surface area (Å²) in [6.07, 6.45) is 3.10. The molecule has 0 N–H and O–H groups in total. The van der Waals surface area contributed by atoms with Crippen LogP contribution in [0.1, 0.15) is 36.0 Å². The first-order valence-electron chi connectivity index (χ1n) is 6.90. The zero-order valence-electron chi connectivity index (χ0n) is 11.3. The van der Waals surface area contributed by atoms with E-state index >= 15 is 0 Å². The van der Waals surface area contributed by atoms with Gasteiger partial charge in [0, 0.05) is 40.9 Å². The van der Waals surface area contributed by atoms with E-state index in [0.29, 0.717) is 29.9 Å². The molecule has 1 aromatic carbocycles. The third-order valence-corrected chi connectivity index (χ3v) is 4.83. The Hall–Kier alpha value is -1.07. The van der Waals surface area contributed by atoms with E-state index < -0.39 is 10.8 Å². The van der Waals surface area contributed by atoms with Crippen LogP contribution < -0.4 is 0 Å². The number of halogens is 1. The average Bonchev–Trinajstić information content (AvgIpc) is 2.92. The van der Waals surface area contributed by atoms with Gasteiger partial charge in [-0.25, -0.2) is 4.39 Å². The van der Waals surface area contributed by atoms with E-state index in [2.05, 4.69) is 0 Å². The van der Waals surface area contributed by atoms with Crippen molar-refractivity contribution in [2.75, 3.05) is 18.1 Å². The molecule has 1 aliphatic rings. The summed E-state index contributed by atoms with van der Waals surface area (Å²) < 4.78 is 30.0. The van der Waals surface area contributed by atoms with Gasteiger partial charge in [-0.1, -0.05) is 0 Å². The second-order valence-electron chi connectivity index (χ2n) is 4.98. The highest BCUT2D eigenvalue weighted by molar-refractivity contribution is 7.85. The molecule has 3 nitrogen and oxygen atoms in total. The summed E-state index contributed by atoms with van der Waals surface area (Å²) in [7, 11) is -0.924. The minimum atomic E-state index is -0.924. The van der Waals surface area contributed by atoms with Gasteiger partial charge in [0.15, 0.2) is 5.78 Å². The van der Waals surface area contributed by atoms with E-state index in [1.807, 2.05) is 0 Å². The number of Topliss-reactive ketones (excluding diaryl/α,β-unsaturated/α-hetero) is 1. The van der Waals surface area contributed by atoms with Crippen LogP contribution in [0.5, 0.6) is 0 Å². The summed E-state index contributed by atoms with van der Waals surface area (Å²) in [6, 6.07) is 5.54. The summed E-state index contributed by atoms with van der Waals surface area (Å²) in [5, 5.41) is 0. The van der Waals surface area contributed by atoms with Crippen LogP contribution in [0.3, 0.4) is 0 Å². The molecular formula is C15H19FO3S. The Kier molecular flexibility index (Phi) is 5.86. The first-order valence-corrected chi connectivity index (χ1v) is 8.39. The van der Waals surface area contributed by atoms with Crippen molar-refractivity contribution < 1.29 is 18.1 Å². The Bertz CT molecular complexity index is 467. The molecule has 2 atom stereocenters. The molecule has 1 aromatic rings. The Labute approximate surface area is 121 Å². The fourth-order valence-electron chi connectivity index (χ4n) is 2.24. The number of carbonyl (C=O) groups is 1. The second-order valence-corrected chi connectivity index (χ2v) is 6.60. The van der Waals surface area contributed by atoms with Gasteiger partial charge in [0.25, 0.3) is 0 Å². The zero-order valence-corrected chi connectivity index (χ0v) is 12.2. The van der Waals surface area contributed by atoms with Crippen molar-refractivity contribution in [3.8, 4) is 0 Å². The summed E-state index contributed by atoms with van der Waals surface area (Å²) in [6.45, 7) is 0.769. The minimum Gasteiger partial charge on any atom is -0.377 e. The Morgan fingerprint density at radius 2 is 2.10 bits per heavy atom. The highest BCUT2D eigenvalue weighted by Gasteiger charge is 2.18. The number of hydrogen-bond donors (Lipinski definition) is 0. The Morgan fingerprint density at radius 3 is 2.75 bits per heavy atom. The van der Waals surface area contributed by atoms with E-state index in [0.717, 1.165) is 19.4 Å². The van der Waals surface area contributed by atoms with Crippen molar-refractivity contribution in [3.63, 3.8) is 0 Å². The number of benzene rings is 1. The quantitative estimate of drug-likeness (QED) is 0.727. The van der Waals surface area contributed by atoms with Gasteiger partial charge in [-0.3, -0.25) is 9.00 Å². The summed E-state index contributed by atoms with van der Waals surface area (Å²) in [5.74, 6) is 0.718. The Morgan fingerprint density at radius 1 is 1.35 bits per heavy atom. The lowest BCUT2D eigenvalue weighted by Gasteiger charge is -2.08. The molecule has 1 fully saturated rings. The van der Waals surface area contributed by atoms with Crippen LogP contribution in [-0.4, -0.2) is 34.2 Å². The van der Waals surface area contributed by atoms with Crippen molar-refractivity contribution in [2.45, 2.75) is 31.8 Å². The van der Waals surface area contributed by atoms with Gasteiger partial charge in [0.05, 0.1) is 6.10 Å². The number of ketones is 1. The minimum absolute atomic E-state index is 0.0286. The van der Waals surface area contributed by atoms with Gasteiger partial charge in [-0.2, -0.15) is 0 Å². The van der Waals surface area contributed by atoms with Gasteiger partial charge in [0.1, 0.15) is 5.82 Å². The van der Waals surface area contributed by atoms with Crippen molar-refractivity contribution in [2.24, 2.45) is 0 Å². The van der Waals surface area contributed by atoms with Crippen molar-refractivity contribution in [1.82, 2.24) is 0 Å². The predicted molar refractivity (Wildman–Crippen MR) is 76.8 cm³/mol. The number of carbonyl (C=O) groups excluding carboxylic acids is 1. The molecule has 0 aromatic heterocycles. The Balaban J connectivity index is 1.68. The summed E-state index contributed by atoms with van der Waals surface area (Å²) in [4.78, 5) is 11.8. The fourth-order valence-corrected chi connectivity index (χ4v) is 3.55. The molecule has 0 bridgehead atoms. The van der Waals surface area contributed by atoms with Crippen LogP contribution in [0.4, 0.5) is 4.39 Å². The van der Waals surface area contributed by atoms with Crippen LogP contribution in [0.25, 0.3) is 0 Å². The first-order chi connectivity index (χ1) is 9.65. The third-order valence-electron chi connectivity index (χ3n) is 3.34. The number of hydrogen-bond acceptors (Lipinski definition) is 3. The molecule has 0 aliphatic carbocycles. The van der Waals surface area contributed by atoms with Crippen LogP contribution in [-0.2, 0) is 15.5 Å². The molecule has 0 spiro atoms. The van der Waals surface area contributed by atoms with Crippen molar-refractivity contribution >= 4 is 16.6 Å². The predicted octanol–water partition coefficient (Wildman–Crippen LogP) is 2.72. The topological polar surface area (TPSA) is 43.4 Å². The maximum Gasteiger partial charge on any atom is 0.162 e. The lowest BCUT2D eigenvalue weighted by Crippen LogP contribution is -2.17. The number of rotatable bonds is 7. The summed E-state index contributed by atoms with van der Waals surface area (Å²) >= 11 is 0. The van der Waals surface area contributed by atoms with E-state index in [9.17, 15) is 13.4 Å². The molecular weight excluding hydrogens is 279 g/mol. The van der Waals surface area contributed by atoms with Crippen LogP contribution in [0.15, 0.2) is 24.3 Å².